The minimum atomic E-state index is -0.292. The number of rotatable bonds is 9. The number of amides is 1. The maximum Gasteiger partial charge on any atom is 0.252 e. The molecule has 150 valence electrons. The Morgan fingerprint density at radius 1 is 1.10 bits per heavy atom. The summed E-state index contributed by atoms with van der Waals surface area (Å²) in [6.07, 6.45) is 0. The number of carbonyl (C=O) groups is 2. The fourth-order valence-electron chi connectivity index (χ4n) is 2.64. The van der Waals surface area contributed by atoms with Crippen molar-refractivity contribution in [3.8, 4) is 0 Å². The summed E-state index contributed by atoms with van der Waals surface area (Å²) in [6.45, 7) is 4.23. The first-order chi connectivity index (χ1) is 14.0. The van der Waals surface area contributed by atoms with Gasteiger partial charge in [0.15, 0.2) is 10.1 Å². The summed E-state index contributed by atoms with van der Waals surface area (Å²) in [5, 5.41) is 11.0. The van der Waals surface area contributed by atoms with E-state index in [4.69, 9.17) is 4.74 Å². The number of aryl methyl sites for hydroxylation is 2. The van der Waals surface area contributed by atoms with Crippen LogP contribution in [0.5, 0.6) is 0 Å². The highest BCUT2D eigenvalue weighted by atomic mass is 32.2. The van der Waals surface area contributed by atoms with Gasteiger partial charge in [-0.15, -0.1) is 10.2 Å². The molecule has 0 saturated heterocycles. The van der Waals surface area contributed by atoms with Gasteiger partial charge in [-0.1, -0.05) is 77.2 Å². The molecule has 1 amide bonds. The van der Waals surface area contributed by atoms with E-state index in [0.29, 0.717) is 16.1 Å². The van der Waals surface area contributed by atoms with E-state index in [-0.39, 0.29) is 24.1 Å². The maximum atomic E-state index is 12.4. The molecule has 0 spiro atoms. The third-order valence-corrected chi connectivity index (χ3v) is 5.98. The van der Waals surface area contributed by atoms with Crippen LogP contribution in [-0.4, -0.2) is 34.2 Å². The van der Waals surface area contributed by atoms with E-state index in [1.165, 1.54) is 23.1 Å². The molecule has 0 aliphatic carbocycles. The van der Waals surface area contributed by atoms with E-state index in [1.807, 2.05) is 62.4 Å². The van der Waals surface area contributed by atoms with Crippen LogP contribution in [0.25, 0.3) is 0 Å². The maximum absolute atomic E-state index is 12.4. The molecule has 0 atom stereocenters. The number of carbonyl (C=O) groups excluding carboxylic acids is 2. The minimum absolute atomic E-state index is 0.0441. The zero-order chi connectivity index (χ0) is 20.6. The highest BCUT2D eigenvalue weighted by Gasteiger charge is 2.13. The summed E-state index contributed by atoms with van der Waals surface area (Å²) in [4.78, 5) is 24.4. The molecular weight excluding hydrogens is 406 g/mol. The predicted molar refractivity (Wildman–Crippen MR) is 116 cm³/mol. The SMILES string of the molecule is Cc1ccc(C(=O)CSc2nnc(NC(=O)COCc3ccccc3)s2)c(C)c1. The van der Waals surface area contributed by atoms with Gasteiger partial charge in [0.1, 0.15) is 6.61 Å². The lowest BCUT2D eigenvalue weighted by molar-refractivity contribution is -0.121. The van der Waals surface area contributed by atoms with Gasteiger partial charge in [0, 0.05) is 5.56 Å². The Balaban J connectivity index is 1.44. The number of hydrogen-bond acceptors (Lipinski definition) is 7. The lowest BCUT2D eigenvalue weighted by atomic mass is 10.0. The fraction of sp³-hybridized carbons (Fsp3) is 0.238. The van der Waals surface area contributed by atoms with Crippen LogP contribution >= 0.6 is 23.1 Å². The second-order valence-corrected chi connectivity index (χ2v) is 8.63. The van der Waals surface area contributed by atoms with Gasteiger partial charge in [-0.25, -0.2) is 0 Å². The lowest BCUT2D eigenvalue weighted by Crippen LogP contribution is -2.18. The van der Waals surface area contributed by atoms with Gasteiger partial charge in [0.25, 0.3) is 5.91 Å². The Morgan fingerprint density at radius 2 is 1.90 bits per heavy atom. The Labute approximate surface area is 177 Å². The number of ketones is 1. The topological polar surface area (TPSA) is 81.2 Å². The van der Waals surface area contributed by atoms with Crippen LogP contribution in [0.3, 0.4) is 0 Å². The van der Waals surface area contributed by atoms with Gasteiger partial charge < -0.3 is 4.74 Å². The molecule has 0 bridgehead atoms. The molecule has 3 aromatic rings. The van der Waals surface area contributed by atoms with E-state index in [2.05, 4.69) is 15.5 Å². The normalized spacial score (nSPS) is 10.7. The highest BCUT2D eigenvalue weighted by Crippen LogP contribution is 2.26. The van der Waals surface area contributed by atoms with Crippen molar-refractivity contribution in [3.05, 3.63) is 70.8 Å². The molecule has 3 rings (SSSR count). The molecule has 6 nitrogen and oxygen atoms in total. The number of thioether (sulfide) groups is 1. The Hall–Kier alpha value is -2.55. The van der Waals surface area contributed by atoms with Crippen LogP contribution in [0.15, 0.2) is 52.9 Å². The Kier molecular flexibility index (Phi) is 7.51. The van der Waals surface area contributed by atoms with E-state index >= 15 is 0 Å². The molecule has 0 radical (unpaired) electrons. The Bertz CT molecular complexity index is 990. The van der Waals surface area contributed by atoms with Crippen molar-refractivity contribution in [2.75, 3.05) is 17.7 Å². The lowest BCUT2D eigenvalue weighted by Gasteiger charge is -2.05. The van der Waals surface area contributed by atoms with E-state index in [0.717, 1.165) is 22.3 Å². The summed E-state index contributed by atoms with van der Waals surface area (Å²) in [5.41, 5.74) is 3.82. The third-order valence-electron chi connectivity index (χ3n) is 4.01. The predicted octanol–water partition coefficient (Wildman–Crippen LogP) is 4.29. The van der Waals surface area contributed by atoms with E-state index < -0.39 is 0 Å². The molecule has 2 aromatic carbocycles. The number of nitrogens with one attached hydrogen (secondary N) is 1. The van der Waals surface area contributed by atoms with Gasteiger partial charge in [-0.05, 0) is 25.0 Å². The zero-order valence-electron chi connectivity index (χ0n) is 16.2. The van der Waals surface area contributed by atoms with Crippen molar-refractivity contribution in [1.29, 1.82) is 0 Å². The van der Waals surface area contributed by atoms with Gasteiger partial charge >= 0.3 is 0 Å². The molecule has 1 aromatic heterocycles. The van der Waals surface area contributed by atoms with Gasteiger partial charge in [0.2, 0.25) is 5.13 Å². The summed E-state index contributed by atoms with van der Waals surface area (Å²) in [5.74, 6) is 0.0229. The molecule has 0 unspecified atom stereocenters. The second-order valence-electron chi connectivity index (χ2n) is 6.43. The largest absolute Gasteiger partial charge is 0.367 e. The molecule has 1 heterocycles. The highest BCUT2D eigenvalue weighted by molar-refractivity contribution is 8.01. The number of benzene rings is 2. The molecule has 1 N–H and O–H groups in total. The number of nitrogens with zero attached hydrogens (tertiary/aromatic N) is 2. The number of Topliss-reactive ketones (excluding diaryl/α,β-unsaturated/α-hetero) is 1. The monoisotopic (exact) mass is 427 g/mol. The number of aromatic nitrogens is 2. The molecular formula is C21H21N3O3S2. The van der Waals surface area contributed by atoms with Crippen molar-refractivity contribution >= 4 is 39.9 Å². The van der Waals surface area contributed by atoms with Crippen LogP contribution < -0.4 is 5.32 Å². The first-order valence-electron chi connectivity index (χ1n) is 8.99. The zero-order valence-corrected chi connectivity index (χ0v) is 17.8. The summed E-state index contributed by atoms with van der Waals surface area (Å²) < 4.78 is 6.03. The molecule has 0 aliphatic heterocycles. The van der Waals surface area contributed by atoms with Crippen molar-refractivity contribution in [1.82, 2.24) is 10.2 Å². The first kappa shape index (κ1) is 21.2. The van der Waals surface area contributed by atoms with Crippen LogP contribution in [0.4, 0.5) is 5.13 Å². The van der Waals surface area contributed by atoms with Crippen LogP contribution in [0, 0.1) is 13.8 Å². The van der Waals surface area contributed by atoms with E-state index in [1.54, 1.807) is 0 Å². The van der Waals surface area contributed by atoms with E-state index in [9.17, 15) is 9.59 Å². The minimum Gasteiger partial charge on any atom is -0.367 e. The summed E-state index contributed by atoms with van der Waals surface area (Å²) in [6, 6.07) is 15.4. The molecule has 0 saturated carbocycles. The Morgan fingerprint density at radius 3 is 2.66 bits per heavy atom. The molecule has 29 heavy (non-hydrogen) atoms. The molecule has 0 aliphatic rings. The summed E-state index contributed by atoms with van der Waals surface area (Å²) >= 11 is 2.55. The average molecular weight is 428 g/mol. The summed E-state index contributed by atoms with van der Waals surface area (Å²) in [7, 11) is 0. The van der Waals surface area contributed by atoms with Crippen LogP contribution in [0.1, 0.15) is 27.0 Å². The van der Waals surface area contributed by atoms with Crippen LogP contribution in [-0.2, 0) is 16.1 Å². The molecule has 0 fully saturated rings. The number of hydrogen-bond donors (Lipinski definition) is 1. The molecule has 8 heteroatoms. The van der Waals surface area contributed by atoms with Crippen molar-refractivity contribution in [2.24, 2.45) is 0 Å². The average Bonchev–Trinajstić information content (AvgIpc) is 3.14. The van der Waals surface area contributed by atoms with Crippen molar-refractivity contribution < 1.29 is 14.3 Å². The van der Waals surface area contributed by atoms with Gasteiger partial charge in [-0.2, -0.15) is 0 Å². The van der Waals surface area contributed by atoms with Crippen molar-refractivity contribution in [3.63, 3.8) is 0 Å². The van der Waals surface area contributed by atoms with Gasteiger partial charge in [-0.3, -0.25) is 14.9 Å². The second kappa shape index (κ2) is 10.3. The van der Waals surface area contributed by atoms with Crippen molar-refractivity contribution in [2.45, 2.75) is 24.8 Å². The number of anilines is 1. The third kappa shape index (κ3) is 6.49. The van der Waals surface area contributed by atoms with Gasteiger partial charge in [0.05, 0.1) is 12.4 Å². The smallest absolute Gasteiger partial charge is 0.252 e. The number of ether oxygens (including phenoxy) is 1. The standard InChI is InChI=1S/C21H21N3O3S2/c1-14-8-9-17(15(2)10-14)18(25)13-28-21-24-23-20(29-21)22-19(26)12-27-11-16-6-4-3-5-7-16/h3-10H,11-13H2,1-2H3,(H,22,23,26). The quantitative estimate of drug-likeness (QED) is 0.312. The fourth-order valence-corrected chi connectivity index (χ4v) is 4.29. The first-order valence-corrected chi connectivity index (χ1v) is 10.8. The van der Waals surface area contributed by atoms with Crippen LogP contribution in [0.2, 0.25) is 0 Å².